The van der Waals surface area contributed by atoms with E-state index in [1.807, 2.05) is 0 Å². The molecule has 2 unspecified atom stereocenters. The lowest BCUT2D eigenvalue weighted by atomic mass is 10.1. The first-order chi connectivity index (χ1) is 6.29. The van der Waals surface area contributed by atoms with Gasteiger partial charge in [0.2, 0.25) is 0 Å². The van der Waals surface area contributed by atoms with Crippen LogP contribution in [0.3, 0.4) is 0 Å². The summed E-state index contributed by atoms with van der Waals surface area (Å²) in [5, 5.41) is 3.35. The van der Waals surface area contributed by atoms with Gasteiger partial charge in [0, 0.05) is 45.4 Å². The third-order valence-electron chi connectivity index (χ3n) is 2.64. The number of hydrogen-bond donors (Lipinski definition) is 2. The molecule has 2 atom stereocenters. The summed E-state index contributed by atoms with van der Waals surface area (Å²) in [6.07, 6.45) is 0. The van der Waals surface area contributed by atoms with Gasteiger partial charge >= 0.3 is 0 Å². The van der Waals surface area contributed by atoms with Gasteiger partial charge in [-0.25, -0.2) is 0 Å². The highest BCUT2D eigenvalue weighted by atomic mass is 16.5. The minimum atomic E-state index is 0.471. The van der Waals surface area contributed by atoms with E-state index in [-0.39, 0.29) is 0 Å². The second-order valence-corrected chi connectivity index (χ2v) is 3.64. The van der Waals surface area contributed by atoms with Gasteiger partial charge in [-0.1, -0.05) is 0 Å². The molecule has 4 nitrogen and oxygen atoms in total. The van der Waals surface area contributed by atoms with E-state index < -0.39 is 0 Å². The zero-order valence-electron chi connectivity index (χ0n) is 8.62. The Hall–Kier alpha value is -0.160. The Balaban J connectivity index is 2.43. The van der Waals surface area contributed by atoms with Gasteiger partial charge in [-0.3, -0.25) is 4.90 Å². The Morgan fingerprint density at radius 1 is 1.69 bits per heavy atom. The van der Waals surface area contributed by atoms with Gasteiger partial charge in [0.1, 0.15) is 0 Å². The first-order valence-corrected chi connectivity index (χ1v) is 4.95. The molecule has 0 aromatic carbocycles. The Bertz CT molecular complexity index is 143. The normalized spacial score (nSPS) is 27.5. The second-order valence-electron chi connectivity index (χ2n) is 3.64. The fraction of sp³-hybridized carbons (Fsp3) is 1.00. The molecule has 1 rings (SSSR count). The van der Waals surface area contributed by atoms with Crippen molar-refractivity contribution in [3.63, 3.8) is 0 Å². The van der Waals surface area contributed by atoms with Gasteiger partial charge in [-0.15, -0.1) is 0 Å². The van der Waals surface area contributed by atoms with Gasteiger partial charge < -0.3 is 15.8 Å². The Morgan fingerprint density at radius 3 is 3.08 bits per heavy atom. The zero-order chi connectivity index (χ0) is 9.68. The molecular formula is C9H21N3O. The number of nitrogens with zero attached hydrogens (tertiary/aromatic N) is 1. The summed E-state index contributed by atoms with van der Waals surface area (Å²) in [4.78, 5) is 2.43. The first-order valence-electron chi connectivity index (χ1n) is 4.95. The number of hydrogen-bond acceptors (Lipinski definition) is 4. The number of rotatable bonds is 4. The van der Waals surface area contributed by atoms with E-state index in [4.69, 9.17) is 10.5 Å². The fourth-order valence-electron chi connectivity index (χ4n) is 1.91. The molecule has 0 spiro atoms. The van der Waals surface area contributed by atoms with Crippen LogP contribution < -0.4 is 11.1 Å². The van der Waals surface area contributed by atoms with Crippen LogP contribution in [0.1, 0.15) is 6.92 Å². The van der Waals surface area contributed by atoms with Crippen molar-refractivity contribution in [3.8, 4) is 0 Å². The molecule has 1 aliphatic rings. The second kappa shape index (κ2) is 5.54. The molecular weight excluding hydrogens is 166 g/mol. The Morgan fingerprint density at radius 2 is 2.46 bits per heavy atom. The first kappa shape index (κ1) is 10.9. The smallest absolute Gasteiger partial charge is 0.0615 e. The van der Waals surface area contributed by atoms with Gasteiger partial charge in [-0.2, -0.15) is 0 Å². The van der Waals surface area contributed by atoms with Crippen LogP contribution in [0.2, 0.25) is 0 Å². The van der Waals surface area contributed by atoms with E-state index in [2.05, 4.69) is 17.1 Å². The van der Waals surface area contributed by atoms with E-state index >= 15 is 0 Å². The van der Waals surface area contributed by atoms with E-state index in [0.717, 1.165) is 32.8 Å². The van der Waals surface area contributed by atoms with Crippen LogP contribution in [0.25, 0.3) is 0 Å². The minimum absolute atomic E-state index is 0.471. The van der Waals surface area contributed by atoms with E-state index in [0.29, 0.717) is 12.1 Å². The van der Waals surface area contributed by atoms with Gasteiger partial charge in [-0.05, 0) is 6.92 Å². The molecule has 0 bridgehead atoms. The molecule has 1 heterocycles. The van der Waals surface area contributed by atoms with Crippen LogP contribution in [0.4, 0.5) is 0 Å². The lowest BCUT2D eigenvalue weighted by molar-refractivity contribution is 0.0586. The fourth-order valence-corrected chi connectivity index (χ4v) is 1.91. The summed E-state index contributed by atoms with van der Waals surface area (Å²) in [6, 6.07) is 0.944. The number of ether oxygens (including phenoxy) is 1. The Kier molecular flexibility index (Phi) is 4.66. The third-order valence-corrected chi connectivity index (χ3v) is 2.64. The quantitative estimate of drug-likeness (QED) is 0.608. The molecule has 0 saturated carbocycles. The van der Waals surface area contributed by atoms with Crippen LogP contribution in [0.15, 0.2) is 0 Å². The average molecular weight is 187 g/mol. The molecule has 1 saturated heterocycles. The molecule has 3 N–H and O–H groups in total. The van der Waals surface area contributed by atoms with Crippen molar-refractivity contribution < 1.29 is 4.74 Å². The SMILES string of the molecule is COCC(C)N1CCNCC1CN. The number of nitrogens with one attached hydrogen (secondary N) is 1. The van der Waals surface area contributed by atoms with Crippen LogP contribution in [-0.4, -0.2) is 56.9 Å². The minimum Gasteiger partial charge on any atom is -0.383 e. The maximum Gasteiger partial charge on any atom is 0.0615 e. The van der Waals surface area contributed by atoms with Crippen LogP contribution in [0, 0.1) is 0 Å². The molecule has 0 aromatic rings. The predicted molar refractivity (Wildman–Crippen MR) is 53.8 cm³/mol. The average Bonchev–Trinajstić information content (AvgIpc) is 2.18. The predicted octanol–water partition coefficient (Wildman–Crippen LogP) is -0.746. The Labute approximate surface area is 80.4 Å². The molecule has 1 aliphatic heterocycles. The zero-order valence-corrected chi connectivity index (χ0v) is 8.62. The van der Waals surface area contributed by atoms with Gasteiger partial charge in [0.05, 0.1) is 6.61 Å². The highest BCUT2D eigenvalue weighted by molar-refractivity contribution is 4.83. The largest absolute Gasteiger partial charge is 0.383 e. The highest BCUT2D eigenvalue weighted by Gasteiger charge is 2.24. The summed E-state index contributed by atoms with van der Waals surface area (Å²) in [6.45, 7) is 6.84. The molecule has 0 radical (unpaired) electrons. The van der Waals surface area contributed by atoms with E-state index in [9.17, 15) is 0 Å². The van der Waals surface area contributed by atoms with Crippen LogP contribution >= 0.6 is 0 Å². The summed E-state index contributed by atoms with van der Waals surface area (Å²) in [5.41, 5.74) is 5.71. The molecule has 0 amide bonds. The number of piperazine rings is 1. The van der Waals surface area contributed by atoms with Crippen LogP contribution in [0.5, 0.6) is 0 Å². The van der Waals surface area contributed by atoms with Crippen molar-refractivity contribution in [2.24, 2.45) is 5.73 Å². The third kappa shape index (κ3) is 2.91. The topological polar surface area (TPSA) is 50.5 Å². The van der Waals surface area contributed by atoms with Crippen molar-refractivity contribution in [1.82, 2.24) is 10.2 Å². The van der Waals surface area contributed by atoms with Gasteiger partial charge in [0.15, 0.2) is 0 Å². The molecule has 78 valence electrons. The van der Waals surface area contributed by atoms with Crippen molar-refractivity contribution in [2.45, 2.75) is 19.0 Å². The van der Waals surface area contributed by atoms with E-state index in [1.54, 1.807) is 7.11 Å². The standard InChI is InChI=1S/C9H21N3O/c1-8(7-13-2)12-4-3-11-6-9(12)5-10/h8-9,11H,3-7,10H2,1-2H3. The number of methoxy groups -OCH3 is 1. The molecule has 0 aliphatic carbocycles. The summed E-state index contributed by atoms with van der Waals surface area (Å²) < 4.78 is 5.15. The summed E-state index contributed by atoms with van der Waals surface area (Å²) >= 11 is 0. The monoisotopic (exact) mass is 187 g/mol. The van der Waals surface area contributed by atoms with E-state index in [1.165, 1.54) is 0 Å². The van der Waals surface area contributed by atoms with Crippen molar-refractivity contribution >= 4 is 0 Å². The molecule has 13 heavy (non-hydrogen) atoms. The summed E-state index contributed by atoms with van der Waals surface area (Å²) in [5.74, 6) is 0. The lowest BCUT2D eigenvalue weighted by Crippen LogP contribution is -2.58. The highest BCUT2D eigenvalue weighted by Crippen LogP contribution is 2.07. The van der Waals surface area contributed by atoms with Gasteiger partial charge in [0.25, 0.3) is 0 Å². The van der Waals surface area contributed by atoms with Crippen molar-refractivity contribution in [2.75, 3.05) is 39.9 Å². The van der Waals surface area contributed by atoms with Crippen LogP contribution in [-0.2, 0) is 4.74 Å². The summed E-state index contributed by atoms with van der Waals surface area (Å²) in [7, 11) is 1.75. The number of nitrogens with two attached hydrogens (primary N) is 1. The van der Waals surface area contributed by atoms with Crippen molar-refractivity contribution in [3.05, 3.63) is 0 Å². The van der Waals surface area contributed by atoms with Crippen molar-refractivity contribution in [1.29, 1.82) is 0 Å². The maximum atomic E-state index is 5.71. The molecule has 4 heteroatoms. The maximum absolute atomic E-state index is 5.71. The molecule has 0 aromatic heterocycles. The molecule has 1 fully saturated rings. The lowest BCUT2D eigenvalue weighted by Gasteiger charge is -2.39.